The molecule has 0 unspecified atom stereocenters. The molecule has 0 atom stereocenters. The van der Waals surface area contributed by atoms with Crippen molar-refractivity contribution in [3.8, 4) is 5.75 Å². The third-order valence-corrected chi connectivity index (χ3v) is 2.79. The Hall–Kier alpha value is -1.55. The monoisotopic (exact) mass is 193 g/mol. The van der Waals surface area contributed by atoms with E-state index >= 15 is 0 Å². The van der Waals surface area contributed by atoms with Crippen molar-refractivity contribution in [2.75, 3.05) is 5.73 Å². The van der Waals surface area contributed by atoms with Gasteiger partial charge in [0.05, 0.1) is 10.6 Å². The van der Waals surface area contributed by atoms with E-state index in [0.717, 1.165) is 10.1 Å². The smallest absolute Gasteiger partial charge is 0.154 e. The van der Waals surface area contributed by atoms with E-state index in [-0.39, 0.29) is 5.75 Å². The number of phenolic OH excluding ortho intramolecular Hbond substituents is 1. The third kappa shape index (κ3) is 1.15. The van der Waals surface area contributed by atoms with Crippen LogP contribution < -0.4 is 5.73 Å². The van der Waals surface area contributed by atoms with Crippen LogP contribution in [0.15, 0.2) is 18.2 Å². The van der Waals surface area contributed by atoms with Crippen LogP contribution in [-0.4, -0.2) is 11.4 Å². The van der Waals surface area contributed by atoms with Crippen molar-refractivity contribution >= 4 is 32.7 Å². The lowest BCUT2D eigenvalue weighted by Crippen LogP contribution is -1.81. The number of phenols is 1. The number of benzene rings is 1. The Bertz CT molecular complexity index is 476. The van der Waals surface area contributed by atoms with E-state index in [1.54, 1.807) is 12.1 Å². The number of rotatable bonds is 1. The molecule has 3 N–H and O–H groups in total. The number of carbonyl (C=O) groups is 1. The Labute approximate surface area is 78.4 Å². The van der Waals surface area contributed by atoms with Gasteiger partial charge in [0.2, 0.25) is 0 Å². The first kappa shape index (κ1) is 8.07. The highest BCUT2D eigenvalue weighted by Gasteiger charge is 2.07. The van der Waals surface area contributed by atoms with Crippen molar-refractivity contribution in [2.45, 2.75) is 0 Å². The fourth-order valence-electron chi connectivity index (χ4n) is 1.27. The number of thiophene rings is 1. The second kappa shape index (κ2) is 2.74. The second-order valence-electron chi connectivity index (χ2n) is 2.68. The van der Waals surface area contributed by atoms with E-state index in [0.29, 0.717) is 16.9 Å². The first-order chi connectivity index (χ1) is 6.22. The molecule has 0 fully saturated rings. The molecular formula is C9H7NO2S. The molecule has 0 aliphatic heterocycles. The van der Waals surface area contributed by atoms with Gasteiger partial charge in [-0.2, -0.15) is 0 Å². The van der Waals surface area contributed by atoms with Gasteiger partial charge in [-0.15, -0.1) is 11.3 Å². The molecular weight excluding hydrogens is 186 g/mol. The van der Waals surface area contributed by atoms with Gasteiger partial charge in [0.15, 0.2) is 6.29 Å². The normalized spacial score (nSPS) is 10.5. The van der Waals surface area contributed by atoms with Gasteiger partial charge in [-0.05, 0) is 18.2 Å². The van der Waals surface area contributed by atoms with Gasteiger partial charge in [-0.25, -0.2) is 0 Å². The minimum atomic E-state index is 0.000278. The molecule has 0 saturated heterocycles. The van der Waals surface area contributed by atoms with Gasteiger partial charge in [0, 0.05) is 10.1 Å². The maximum Gasteiger partial charge on any atom is 0.154 e. The molecule has 0 aliphatic rings. The number of nitrogens with two attached hydrogens (primary N) is 1. The molecule has 66 valence electrons. The van der Waals surface area contributed by atoms with Crippen LogP contribution in [0.3, 0.4) is 0 Å². The fraction of sp³-hybridized carbons (Fsp3) is 0. The third-order valence-electron chi connectivity index (χ3n) is 1.86. The molecule has 13 heavy (non-hydrogen) atoms. The minimum Gasteiger partial charge on any atom is -0.507 e. The summed E-state index contributed by atoms with van der Waals surface area (Å²) in [6.07, 6.45) is 0.643. The largest absolute Gasteiger partial charge is 0.507 e. The summed E-state index contributed by atoms with van der Waals surface area (Å²) in [6.45, 7) is 0. The molecule has 0 aliphatic carbocycles. The van der Waals surface area contributed by atoms with E-state index in [1.165, 1.54) is 17.4 Å². The molecule has 2 aromatic rings. The van der Waals surface area contributed by atoms with Crippen molar-refractivity contribution in [1.82, 2.24) is 0 Å². The van der Waals surface area contributed by atoms with E-state index in [9.17, 15) is 9.90 Å². The van der Waals surface area contributed by atoms with Crippen LogP contribution in [0.25, 0.3) is 10.1 Å². The summed E-state index contributed by atoms with van der Waals surface area (Å²) in [7, 11) is 0. The van der Waals surface area contributed by atoms with E-state index in [1.807, 2.05) is 0 Å². The number of hydrogen-bond donors (Lipinski definition) is 2. The highest BCUT2D eigenvalue weighted by atomic mass is 32.1. The van der Waals surface area contributed by atoms with E-state index in [2.05, 4.69) is 0 Å². The van der Waals surface area contributed by atoms with Crippen LogP contribution >= 0.6 is 11.3 Å². The summed E-state index contributed by atoms with van der Waals surface area (Å²) in [5.41, 5.74) is 5.90. The van der Waals surface area contributed by atoms with Crippen molar-refractivity contribution in [3.63, 3.8) is 0 Å². The summed E-state index contributed by atoms with van der Waals surface area (Å²) < 4.78 is 0.914. The maximum absolute atomic E-state index is 10.7. The maximum atomic E-state index is 10.7. The summed E-state index contributed by atoms with van der Waals surface area (Å²) >= 11 is 1.40. The Morgan fingerprint density at radius 1 is 1.46 bits per heavy atom. The van der Waals surface area contributed by atoms with Gasteiger partial charge in [0.1, 0.15) is 5.75 Å². The number of aromatic hydroxyl groups is 1. The van der Waals surface area contributed by atoms with Crippen molar-refractivity contribution in [2.24, 2.45) is 0 Å². The number of hydrogen-bond acceptors (Lipinski definition) is 4. The molecule has 1 heterocycles. The van der Waals surface area contributed by atoms with Crippen LogP contribution in [0.2, 0.25) is 0 Å². The molecule has 4 heteroatoms. The van der Waals surface area contributed by atoms with Gasteiger partial charge in [-0.3, -0.25) is 4.79 Å². The summed E-state index contributed by atoms with van der Waals surface area (Å²) in [5, 5.41) is 10.7. The molecule has 0 bridgehead atoms. The topological polar surface area (TPSA) is 63.3 Å². The number of nitrogen functional groups attached to an aromatic ring is 1. The molecule has 0 radical (unpaired) electrons. The van der Waals surface area contributed by atoms with Crippen molar-refractivity contribution in [1.29, 1.82) is 0 Å². The lowest BCUT2D eigenvalue weighted by atomic mass is 10.1. The number of aldehydes is 1. The number of carbonyl (C=O) groups excluding carboxylic acids is 1. The zero-order valence-electron chi connectivity index (χ0n) is 6.65. The number of fused-ring (bicyclic) bond motifs is 1. The SMILES string of the molecule is Nc1cc2c(C=O)c(O)ccc2s1. The van der Waals surface area contributed by atoms with Crippen LogP contribution in [0.4, 0.5) is 5.00 Å². The van der Waals surface area contributed by atoms with Crippen molar-refractivity contribution in [3.05, 3.63) is 23.8 Å². The number of anilines is 1. The van der Waals surface area contributed by atoms with Gasteiger partial charge >= 0.3 is 0 Å². The second-order valence-corrected chi connectivity index (χ2v) is 3.79. The van der Waals surface area contributed by atoms with Crippen LogP contribution in [0.1, 0.15) is 10.4 Å². The fourth-order valence-corrected chi connectivity index (χ4v) is 2.11. The van der Waals surface area contributed by atoms with Crippen LogP contribution in [-0.2, 0) is 0 Å². The molecule has 1 aromatic carbocycles. The Morgan fingerprint density at radius 2 is 2.23 bits per heavy atom. The quantitative estimate of drug-likeness (QED) is 0.681. The van der Waals surface area contributed by atoms with Gasteiger partial charge in [0.25, 0.3) is 0 Å². The Balaban J connectivity index is 2.90. The van der Waals surface area contributed by atoms with E-state index in [4.69, 9.17) is 5.73 Å². The molecule has 0 amide bonds. The predicted octanol–water partition coefficient (Wildman–Crippen LogP) is 2.00. The zero-order chi connectivity index (χ0) is 9.42. The standard InChI is InChI=1S/C9H7NO2S/c10-9-3-5-6(4-11)7(12)1-2-8(5)13-9/h1-4,12H,10H2. The van der Waals surface area contributed by atoms with Crippen molar-refractivity contribution < 1.29 is 9.90 Å². The van der Waals surface area contributed by atoms with Crippen LogP contribution in [0, 0.1) is 0 Å². The minimum absolute atomic E-state index is 0.000278. The summed E-state index contributed by atoms with van der Waals surface area (Å²) in [4.78, 5) is 10.7. The highest BCUT2D eigenvalue weighted by molar-refractivity contribution is 7.22. The van der Waals surface area contributed by atoms with Crippen LogP contribution in [0.5, 0.6) is 5.75 Å². The molecule has 0 spiro atoms. The van der Waals surface area contributed by atoms with E-state index < -0.39 is 0 Å². The molecule has 3 nitrogen and oxygen atoms in total. The van der Waals surface area contributed by atoms with Gasteiger partial charge < -0.3 is 10.8 Å². The lowest BCUT2D eigenvalue weighted by molar-refractivity contribution is 0.112. The predicted molar refractivity (Wildman–Crippen MR) is 53.3 cm³/mol. The highest BCUT2D eigenvalue weighted by Crippen LogP contribution is 2.33. The van der Waals surface area contributed by atoms with Gasteiger partial charge in [-0.1, -0.05) is 0 Å². The first-order valence-electron chi connectivity index (χ1n) is 3.68. The average molecular weight is 193 g/mol. The molecule has 1 aromatic heterocycles. The Kier molecular flexibility index (Phi) is 1.70. The average Bonchev–Trinajstić information content (AvgIpc) is 2.45. The molecule has 2 rings (SSSR count). The lowest BCUT2D eigenvalue weighted by Gasteiger charge is -1.96. The zero-order valence-corrected chi connectivity index (χ0v) is 7.47. The Morgan fingerprint density at radius 3 is 2.92 bits per heavy atom. The summed E-state index contributed by atoms with van der Waals surface area (Å²) in [6, 6.07) is 4.95. The molecule has 0 saturated carbocycles. The first-order valence-corrected chi connectivity index (χ1v) is 4.50. The summed E-state index contributed by atoms with van der Waals surface area (Å²) in [5.74, 6) is 0.000278.